The van der Waals surface area contributed by atoms with E-state index in [1.54, 1.807) is 42.5 Å². The first-order chi connectivity index (χ1) is 15.2. The minimum atomic E-state index is -4.03. The fourth-order valence-corrected chi connectivity index (χ4v) is 4.78. The van der Waals surface area contributed by atoms with Crippen molar-refractivity contribution in [2.24, 2.45) is 0 Å². The summed E-state index contributed by atoms with van der Waals surface area (Å²) in [4.78, 5) is 14.2. The van der Waals surface area contributed by atoms with Crippen molar-refractivity contribution < 1.29 is 17.6 Å². The highest BCUT2D eigenvalue weighted by Gasteiger charge is 2.28. The third kappa shape index (κ3) is 6.07. The Morgan fingerprint density at radius 2 is 1.59 bits per heavy atom. The minimum absolute atomic E-state index is 0.00786. The number of hydrogen-bond acceptors (Lipinski definition) is 3. The average molecular weight is 495 g/mol. The van der Waals surface area contributed by atoms with Crippen LogP contribution in [0.1, 0.15) is 11.1 Å². The molecule has 0 fully saturated rings. The van der Waals surface area contributed by atoms with E-state index >= 15 is 0 Å². The highest BCUT2D eigenvalue weighted by Crippen LogP contribution is 2.22. The number of rotatable bonds is 8. The van der Waals surface area contributed by atoms with Crippen molar-refractivity contribution >= 4 is 39.1 Å². The van der Waals surface area contributed by atoms with Crippen molar-refractivity contribution in [3.8, 4) is 0 Å². The predicted molar refractivity (Wildman–Crippen MR) is 123 cm³/mol. The second-order valence-corrected chi connectivity index (χ2v) is 10.0. The number of hydrogen-bond donors (Lipinski definition) is 0. The summed E-state index contributed by atoms with van der Waals surface area (Å²) in [7, 11) is -2.53. The van der Waals surface area contributed by atoms with Gasteiger partial charge in [0.15, 0.2) is 0 Å². The molecule has 0 radical (unpaired) electrons. The van der Waals surface area contributed by atoms with Crippen LogP contribution in [0.25, 0.3) is 0 Å². The smallest absolute Gasteiger partial charge is 0.243 e. The van der Waals surface area contributed by atoms with Gasteiger partial charge < -0.3 is 4.90 Å². The number of likely N-dealkylation sites (N-methyl/N-ethyl adjacent to an activating group) is 1. The molecule has 1 amide bonds. The molecule has 168 valence electrons. The summed E-state index contributed by atoms with van der Waals surface area (Å²) in [6.07, 6.45) is 0. The summed E-state index contributed by atoms with van der Waals surface area (Å²) in [5.74, 6) is -0.912. The van der Waals surface area contributed by atoms with Gasteiger partial charge in [-0.3, -0.25) is 4.79 Å². The molecule has 0 unspecified atom stereocenters. The summed E-state index contributed by atoms with van der Waals surface area (Å²) in [6, 6.07) is 18.6. The van der Waals surface area contributed by atoms with Gasteiger partial charge in [-0.1, -0.05) is 53.5 Å². The van der Waals surface area contributed by atoms with Crippen LogP contribution in [0.15, 0.2) is 77.7 Å². The Labute approximate surface area is 197 Å². The number of halogens is 3. The lowest BCUT2D eigenvalue weighted by molar-refractivity contribution is -0.130. The number of carbonyl (C=O) groups excluding carboxylic acids is 1. The molecule has 0 saturated carbocycles. The summed E-state index contributed by atoms with van der Waals surface area (Å²) in [6.45, 7) is -0.481. The molecule has 0 atom stereocenters. The van der Waals surface area contributed by atoms with Gasteiger partial charge in [0.2, 0.25) is 15.9 Å². The molecule has 0 aliphatic rings. The van der Waals surface area contributed by atoms with Crippen molar-refractivity contribution in [2.45, 2.75) is 18.0 Å². The highest BCUT2D eigenvalue weighted by molar-refractivity contribution is 7.89. The molecule has 0 spiro atoms. The van der Waals surface area contributed by atoms with Gasteiger partial charge >= 0.3 is 0 Å². The van der Waals surface area contributed by atoms with E-state index in [1.807, 2.05) is 0 Å². The predicted octanol–water partition coefficient (Wildman–Crippen LogP) is 4.98. The summed E-state index contributed by atoms with van der Waals surface area (Å²) in [5.41, 5.74) is 0.963. The van der Waals surface area contributed by atoms with E-state index in [0.717, 1.165) is 4.31 Å². The van der Waals surface area contributed by atoms with Gasteiger partial charge in [0.1, 0.15) is 5.82 Å². The van der Waals surface area contributed by atoms with Gasteiger partial charge in [-0.2, -0.15) is 4.31 Å². The van der Waals surface area contributed by atoms with E-state index in [-0.39, 0.29) is 18.0 Å². The number of benzene rings is 3. The van der Waals surface area contributed by atoms with Crippen LogP contribution in [0.5, 0.6) is 0 Å². The molecule has 0 heterocycles. The van der Waals surface area contributed by atoms with E-state index in [4.69, 9.17) is 23.2 Å². The number of nitrogens with zero attached hydrogens (tertiary/aromatic N) is 2. The zero-order chi connectivity index (χ0) is 23.3. The first kappa shape index (κ1) is 24.2. The van der Waals surface area contributed by atoms with Crippen LogP contribution in [0, 0.1) is 5.82 Å². The van der Waals surface area contributed by atoms with Crippen molar-refractivity contribution in [3.05, 3.63) is 99.8 Å². The third-order valence-electron chi connectivity index (χ3n) is 4.80. The lowest BCUT2D eigenvalue weighted by atomic mass is 10.2. The van der Waals surface area contributed by atoms with Crippen LogP contribution >= 0.6 is 23.2 Å². The number of amides is 1. The molecule has 3 aromatic rings. The topological polar surface area (TPSA) is 57.7 Å². The molecule has 0 N–H and O–H groups in total. The third-order valence-corrected chi connectivity index (χ3v) is 7.10. The fourth-order valence-electron chi connectivity index (χ4n) is 3.06. The molecule has 32 heavy (non-hydrogen) atoms. The Bertz CT molecular complexity index is 1200. The molecule has 5 nitrogen and oxygen atoms in total. The lowest BCUT2D eigenvalue weighted by Crippen LogP contribution is -2.41. The van der Waals surface area contributed by atoms with Crippen LogP contribution in [0.3, 0.4) is 0 Å². The van der Waals surface area contributed by atoms with E-state index in [1.165, 1.54) is 42.3 Å². The summed E-state index contributed by atoms with van der Waals surface area (Å²) in [5, 5.41) is 0.848. The lowest BCUT2D eigenvalue weighted by Gasteiger charge is -2.25. The molecular weight excluding hydrogens is 474 g/mol. The van der Waals surface area contributed by atoms with E-state index in [2.05, 4.69) is 0 Å². The molecule has 0 aromatic heterocycles. The highest BCUT2D eigenvalue weighted by atomic mass is 35.5. The standard InChI is InChI=1S/C23H21Cl2FN2O3S/c1-27(15-18-6-2-3-8-22(18)26)23(29)16-28(14-17-5-4-7-20(25)13-17)32(30,31)21-11-9-19(24)10-12-21/h2-13H,14-16H2,1H3. The van der Waals surface area contributed by atoms with Crippen LogP contribution in [0.2, 0.25) is 10.0 Å². The Hall–Kier alpha value is -2.45. The van der Waals surface area contributed by atoms with Crippen LogP contribution in [0.4, 0.5) is 4.39 Å². The SMILES string of the molecule is CN(Cc1ccccc1F)C(=O)CN(Cc1cccc(Cl)c1)S(=O)(=O)c1ccc(Cl)cc1. The molecule has 0 bridgehead atoms. The van der Waals surface area contributed by atoms with Crippen LogP contribution in [-0.4, -0.2) is 37.1 Å². The minimum Gasteiger partial charge on any atom is -0.340 e. The van der Waals surface area contributed by atoms with Crippen molar-refractivity contribution in [1.29, 1.82) is 0 Å². The summed E-state index contributed by atoms with van der Waals surface area (Å²) < 4.78 is 41.7. The maximum Gasteiger partial charge on any atom is 0.243 e. The van der Waals surface area contributed by atoms with Crippen LogP contribution in [-0.2, 0) is 27.9 Å². The normalized spacial score (nSPS) is 11.5. The Balaban J connectivity index is 1.87. The number of sulfonamides is 1. The first-order valence-electron chi connectivity index (χ1n) is 9.64. The van der Waals surface area contributed by atoms with Crippen molar-refractivity contribution in [1.82, 2.24) is 9.21 Å². The van der Waals surface area contributed by atoms with Crippen molar-refractivity contribution in [2.75, 3.05) is 13.6 Å². The Kier molecular flexibility index (Phi) is 7.90. The quantitative estimate of drug-likeness (QED) is 0.443. The Morgan fingerprint density at radius 3 is 2.25 bits per heavy atom. The van der Waals surface area contributed by atoms with E-state index < -0.39 is 28.3 Å². The second kappa shape index (κ2) is 10.4. The van der Waals surface area contributed by atoms with Crippen molar-refractivity contribution in [3.63, 3.8) is 0 Å². The van der Waals surface area contributed by atoms with Gasteiger partial charge in [-0.15, -0.1) is 0 Å². The zero-order valence-corrected chi connectivity index (χ0v) is 19.5. The largest absolute Gasteiger partial charge is 0.340 e. The Morgan fingerprint density at radius 1 is 0.906 bits per heavy atom. The molecular formula is C23H21Cl2FN2O3S. The maximum absolute atomic E-state index is 14.0. The van der Waals surface area contributed by atoms with Crippen LogP contribution < -0.4 is 0 Å². The number of carbonyl (C=O) groups is 1. The molecule has 0 aliphatic carbocycles. The van der Waals surface area contributed by atoms with Gasteiger partial charge in [-0.05, 0) is 48.0 Å². The van der Waals surface area contributed by atoms with E-state index in [0.29, 0.717) is 21.2 Å². The second-order valence-electron chi connectivity index (χ2n) is 7.20. The molecule has 0 saturated heterocycles. The molecule has 3 rings (SSSR count). The van der Waals surface area contributed by atoms with Gasteiger partial charge in [0.25, 0.3) is 0 Å². The van der Waals surface area contributed by atoms with E-state index in [9.17, 15) is 17.6 Å². The molecule has 3 aromatic carbocycles. The molecule has 0 aliphatic heterocycles. The maximum atomic E-state index is 14.0. The zero-order valence-electron chi connectivity index (χ0n) is 17.2. The van der Waals surface area contributed by atoms with Gasteiger partial charge in [0, 0.05) is 35.7 Å². The van der Waals surface area contributed by atoms with Gasteiger partial charge in [-0.25, -0.2) is 12.8 Å². The van der Waals surface area contributed by atoms with Gasteiger partial charge in [0.05, 0.1) is 11.4 Å². The fraction of sp³-hybridized carbons (Fsp3) is 0.174. The average Bonchev–Trinajstić information content (AvgIpc) is 2.75. The molecule has 9 heteroatoms. The summed E-state index contributed by atoms with van der Waals surface area (Å²) >= 11 is 11.9. The monoisotopic (exact) mass is 494 g/mol. The first-order valence-corrected chi connectivity index (χ1v) is 11.8.